The highest BCUT2D eigenvalue weighted by atomic mass is 16.6. The summed E-state index contributed by atoms with van der Waals surface area (Å²) in [5, 5.41) is 24.1. The summed E-state index contributed by atoms with van der Waals surface area (Å²) in [4.78, 5) is 37.0. The van der Waals surface area contributed by atoms with Crippen LogP contribution in [0.5, 0.6) is 0 Å². The Labute approximate surface area is 300 Å². The van der Waals surface area contributed by atoms with E-state index in [1.54, 1.807) is 7.11 Å². The van der Waals surface area contributed by atoms with Crippen LogP contribution in [0.3, 0.4) is 0 Å². The van der Waals surface area contributed by atoms with E-state index in [1.165, 1.54) is 19.9 Å². The second-order valence-electron chi connectivity index (χ2n) is 14.1. The fourth-order valence-electron chi connectivity index (χ4n) is 6.13. The Balaban J connectivity index is 2.88. The molecule has 0 aromatic rings. The van der Waals surface area contributed by atoms with Crippen LogP contribution >= 0.6 is 0 Å². The molecule has 1 fully saturated rings. The number of allylic oxidation sites excluding steroid dienone is 2. The Bertz CT molecular complexity index is 1110. The maximum absolute atomic E-state index is 12.8. The fraction of sp³-hybridized carbons (Fsp3) is 0.763. The highest BCUT2D eigenvalue weighted by Gasteiger charge is 2.52. The zero-order chi connectivity index (χ0) is 38.2. The summed E-state index contributed by atoms with van der Waals surface area (Å²) in [7, 11) is 1.69. The predicted octanol–water partition coefficient (Wildman–Crippen LogP) is 5.14. The molecule has 1 rings (SSSR count). The van der Waals surface area contributed by atoms with Gasteiger partial charge in [-0.15, -0.1) is 0 Å². The van der Waals surface area contributed by atoms with Gasteiger partial charge >= 0.3 is 18.0 Å². The number of ether oxygens (including phenoxy) is 5. The van der Waals surface area contributed by atoms with E-state index in [0.717, 1.165) is 12.0 Å². The smallest absolute Gasteiger partial charge is 0.407 e. The van der Waals surface area contributed by atoms with E-state index in [9.17, 15) is 24.6 Å². The molecular formula is C38H66N2O10. The number of esters is 2. The van der Waals surface area contributed by atoms with Gasteiger partial charge in [-0.3, -0.25) is 9.59 Å². The number of aliphatic hydroxyl groups excluding tert-OH is 1. The van der Waals surface area contributed by atoms with Crippen LogP contribution in [0.4, 0.5) is 4.79 Å². The quantitative estimate of drug-likeness (QED) is 0.0451. The summed E-state index contributed by atoms with van der Waals surface area (Å²) < 4.78 is 28.5. The molecule has 0 saturated carbocycles. The third-order valence-corrected chi connectivity index (χ3v) is 9.39. The molecule has 0 aromatic carbocycles. The molecule has 11 atom stereocenters. The van der Waals surface area contributed by atoms with Gasteiger partial charge in [0.2, 0.25) is 0 Å². The average Bonchev–Trinajstić information content (AvgIpc) is 3.85. The Morgan fingerprint density at radius 3 is 2.24 bits per heavy atom. The van der Waals surface area contributed by atoms with Gasteiger partial charge in [-0.2, -0.15) is 0 Å². The summed E-state index contributed by atoms with van der Waals surface area (Å²) in [5.74, 6) is -1.16. The third-order valence-electron chi connectivity index (χ3n) is 9.39. The maximum atomic E-state index is 12.8. The molecule has 0 aliphatic carbocycles. The molecule has 0 bridgehead atoms. The zero-order valence-corrected chi connectivity index (χ0v) is 32.1. The summed E-state index contributed by atoms with van der Waals surface area (Å²) in [6, 6.07) is -0.179. The van der Waals surface area contributed by atoms with E-state index < -0.39 is 48.0 Å². The minimum absolute atomic E-state index is 0.0187. The van der Waals surface area contributed by atoms with Gasteiger partial charge < -0.3 is 44.9 Å². The molecule has 5 N–H and O–H groups in total. The number of hydrogen-bond donors (Lipinski definition) is 4. The molecule has 1 aliphatic rings. The van der Waals surface area contributed by atoms with Crippen molar-refractivity contribution in [3.63, 3.8) is 0 Å². The van der Waals surface area contributed by atoms with Crippen LogP contribution in [-0.4, -0.2) is 96.3 Å². The van der Waals surface area contributed by atoms with Crippen LogP contribution < -0.4 is 11.1 Å². The molecule has 1 aliphatic heterocycles. The van der Waals surface area contributed by atoms with E-state index in [1.807, 2.05) is 52.8 Å². The van der Waals surface area contributed by atoms with E-state index in [0.29, 0.717) is 19.4 Å². The summed E-state index contributed by atoms with van der Waals surface area (Å²) in [5.41, 5.74) is 5.18. The SMILES string of the molecule is C=CC(OC(C)=O)C(C)(O)CCC(O)CC(=O)OC(/C(C)=C/C/C=C/C(C)C(OC(=O)N[C@H](CC)CN)C1OC1C(C)C(CC)OC)C(C)C. The van der Waals surface area contributed by atoms with Gasteiger partial charge in [-0.05, 0) is 63.5 Å². The number of hydrogen-bond acceptors (Lipinski definition) is 11. The van der Waals surface area contributed by atoms with E-state index in [4.69, 9.17) is 29.4 Å². The monoisotopic (exact) mass is 710 g/mol. The van der Waals surface area contributed by atoms with Crippen molar-refractivity contribution in [2.75, 3.05) is 13.7 Å². The maximum Gasteiger partial charge on any atom is 0.407 e. The first-order valence-electron chi connectivity index (χ1n) is 18.0. The number of nitrogens with one attached hydrogen (secondary N) is 1. The van der Waals surface area contributed by atoms with Crippen molar-refractivity contribution in [3.05, 3.63) is 36.5 Å². The lowest BCUT2D eigenvalue weighted by molar-refractivity contribution is -0.156. The number of carbonyl (C=O) groups excluding carboxylic acids is 3. The Kier molecular flexibility index (Phi) is 20.1. The number of carbonyl (C=O) groups is 3. The summed E-state index contributed by atoms with van der Waals surface area (Å²) in [6.07, 6.45) is 5.45. The first kappa shape index (κ1) is 45.3. The van der Waals surface area contributed by atoms with Crippen molar-refractivity contribution in [3.8, 4) is 0 Å². The molecule has 0 radical (unpaired) electrons. The Morgan fingerprint density at radius 2 is 1.72 bits per heavy atom. The highest BCUT2D eigenvalue weighted by Crippen LogP contribution is 2.39. The summed E-state index contributed by atoms with van der Waals surface area (Å²) in [6.45, 7) is 20.5. The number of amides is 1. The van der Waals surface area contributed by atoms with Crippen molar-refractivity contribution in [1.29, 1.82) is 0 Å². The van der Waals surface area contributed by atoms with E-state index in [-0.39, 0.29) is 61.4 Å². The molecule has 12 heteroatoms. The molecule has 1 heterocycles. The van der Waals surface area contributed by atoms with Crippen molar-refractivity contribution < 1.29 is 48.3 Å². The van der Waals surface area contributed by atoms with Crippen molar-refractivity contribution in [2.24, 2.45) is 23.5 Å². The van der Waals surface area contributed by atoms with Gasteiger partial charge in [-0.25, -0.2) is 4.79 Å². The second kappa shape index (κ2) is 22.2. The van der Waals surface area contributed by atoms with E-state index in [2.05, 4.69) is 25.7 Å². The van der Waals surface area contributed by atoms with Gasteiger partial charge in [0.15, 0.2) is 0 Å². The lowest BCUT2D eigenvalue weighted by Crippen LogP contribution is -2.43. The predicted molar refractivity (Wildman–Crippen MR) is 193 cm³/mol. The Morgan fingerprint density at radius 1 is 1.06 bits per heavy atom. The lowest BCUT2D eigenvalue weighted by atomic mass is 9.91. The number of nitrogens with two attached hydrogens (primary N) is 1. The molecule has 1 saturated heterocycles. The highest BCUT2D eigenvalue weighted by molar-refractivity contribution is 5.70. The second-order valence-corrected chi connectivity index (χ2v) is 14.1. The number of aliphatic hydroxyl groups is 2. The van der Waals surface area contributed by atoms with Gasteiger partial charge in [0.05, 0.1) is 24.7 Å². The van der Waals surface area contributed by atoms with Crippen LogP contribution in [-0.2, 0) is 33.3 Å². The normalized spacial score (nSPS) is 22.3. The van der Waals surface area contributed by atoms with Gasteiger partial charge in [-0.1, -0.05) is 66.3 Å². The molecule has 50 heavy (non-hydrogen) atoms. The molecule has 0 spiro atoms. The van der Waals surface area contributed by atoms with Crippen LogP contribution in [0.2, 0.25) is 0 Å². The molecule has 288 valence electrons. The largest absolute Gasteiger partial charge is 0.457 e. The standard InChI is InChI=1S/C38H66N2O10/c1-12-28(22-39)40-37(44)50-34(36-35(49-36)26(8)30(13-2)46-11)25(7)18-16-15-17-24(6)33(23(4)5)48-32(43)21-29(42)19-20-38(10,45)31(14-3)47-27(9)41/h14,16-18,23,25-26,28-31,33-36,42,45H,3,12-13,15,19-22,39H2,1-2,4-11H3,(H,40,44)/b18-16+,24-17+/t25?,26?,28-,29?,30?,31?,33?,34?,35?,36?,38?/m1/s1. The van der Waals surface area contributed by atoms with Gasteiger partial charge in [0, 0.05) is 38.5 Å². The zero-order valence-electron chi connectivity index (χ0n) is 32.1. The van der Waals surface area contributed by atoms with Gasteiger partial charge in [0.25, 0.3) is 0 Å². The van der Waals surface area contributed by atoms with Crippen LogP contribution in [0.25, 0.3) is 0 Å². The van der Waals surface area contributed by atoms with Crippen molar-refractivity contribution >= 4 is 18.0 Å². The fourth-order valence-corrected chi connectivity index (χ4v) is 6.13. The van der Waals surface area contributed by atoms with Gasteiger partial charge in [0.1, 0.15) is 30.0 Å². The van der Waals surface area contributed by atoms with Crippen molar-refractivity contribution in [1.82, 2.24) is 5.32 Å². The molecule has 12 nitrogen and oxygen atoms in total. The average molecular weight is 711 g/mol. The third kappa shape index (κ3) is 15.2. The molecule has 1 amide bonds. The minimum Gasteiger partial charge on any atom is -0.457 e. The first-order valence-corrected chi connectivity index (χ1v) is 18.0. The number of alkyl carbamates (subject to hydrolysis) is 1. The molecular weight excluding hydrogens is 644 g/mol. The molecule has 10 unspecified atom stereocenters. The van der Waals surface area contributed by atoms with Crippen LogP contribution in [0.15, 0.2) is 36.5 Å². The topological polar surface area (TPSA) is 179 Å². The van der Waals surface area contributed by atoms with Crippen molar-refractivity contribution in [2.45, 2.75) is 155 Å². The minimum atomic E-state index is -1.46. The van der Waals surface area contributed by atoms with Crippen LogP contribution in [0, 0.1) is 17.8 Å². The first-order chi connectivity index (χ1) is 23.4. The Hall–Kier alpha value is -2.77. The number of methoxy groups -OCH3 is 1. The lowest BCUT2D eigenvalue weighted by Gasteiger charge is -2.30. The molecule has 0 aromatic heterocycles. The van der Waals surface area contributed by atoms with E-state index >= 15 is 0 Å². The van der Waals surface area contributed by atoms with Crippen LogP contribution in [0.1, 0.15) is 101 Å². The number of epoxide rings is 1. The summed E-state index contributed by atoms with van der Waals surface area (Å²) >= 11 is 0. The number of rotatable bonds is 24.